The molecule has 1 aliphatic carbocycles. The van der Waals surface area contributed by atoms with Gasteiger partial charge in [-0.15, -0.1) is 0 Å². The van der Waals surface area contributed by atoms with E-state index in [-0.39, 0.29) is 24.8 Å². The molecule has 156 valence electrons. The Morgan fingerprint density at radius 2 is 1.60 bits per heavy atom. The number of aliphatic carboxylic acids is 1. The Morgan fingerprint density at radius 1 is 1.03 bits per heavy atom. The van der Waals surface area contributed by atoms with Crippen molar-refractivity contribution >= 4 is 18.2 Å². The number of allylic oxidation sites excluding steroid dienone is 1. The minimum Gasteiger partial charge on any atom is -0.480 e. The highest BCUT2D eigenvalue weighted by molar-refractivity contribution is 5.81. The number of carbonyl (C=O) groups excluding carboxylic acids is 2. The van der Waals surface area contributed by atoms with Crippen molar-refractivity contribution in [2.45, 2.75) is 18.9 Å². The van der Waals surface area contributed by atoms with E-state index < -0.39 is 24.2 Å². The number of rotatable bonds is 7. The van der Waals surface area contributed by atoms with Crippen LogP contribution in [0, 0.1) is 0 Å². The molecule has 0 heterocycles. The largest absolute Gasteiger partial charge is 0.480 e. The highest BCUT2D eigenvalue weighted by Gasteiger charge is 2.29. The van der Waals surface area contributed by atoms with E-state index in [9.17, 15) is 19.5 Å². The fourth-order valence-electron chi connectivity index (χ4n) is 3.36. The van der Waals surface area contributed by atoms with Gasteiger partial charge < -0.3 is 25.2 Å². The Labute approximate surface area is 173 Å². The van der Waals surface area contributed by atoms with E-state index in [4.69, 9.17) is 4.74 Å². The van der Waals surface area contributed by atoms with Gasteiger partial charge in [-0.25, -0.2) is 14.4 Å². The zero-order valence-corrected chi connectivity index (χ0v) is 16.4. The Balaban J connectivity index is 1.57. The molecular weight excluding hydrogens is 388 g/mol. The number of benzene rings is 2. The van der Waals surface area contributed by atoms with Crippen LogP contribution < -0.4 is 10.6 Å². The zero-order valence-electron chi connectivity index (χ0n) is 16.4. The SMILES string of the molecule is C=C(C)OC(=O)N[C@@H](CNC(=O)OCC1c2ccccc2-c2ccccc21)C(=O)O. The Hall–Kier alpha value is -3.81. The second kappa shape index (κ2) is 9.13. The molecule has 0 radical (unpaired) electrons. The van der Waals surface area contributed by atoms with Crippen molar-refractivity contribution in [3.05, 3.63) is 72.0 Å². The molecule has 2 aromatic carbocycles. The molecule has 2 amide bonds. The predicted octanol–water partition coefficient (Wildman–Crippen LogP) is 3.24. The van der Waals surface area contributed by atoms with Crippen molar-refractivity contribution in [3.8, 4) is 11.1 Å². The first kappa shape index (κ1) is 20.9. The van der Waals surface area contributed by atoms with Crippen molar-refractivity contribution in [1.82, 2.24) is 10.6 Å². The summed E-state index contributed by atoms with van der Waals surface area (Å²) >= 11 is 0. The van der Waals surface area contributed by atoms with Gasteiger partial charge in [0.15, 0.2) is 0 Å². The molecule has 3 rings (SSSR count). The van der Waals surface area contributed by atoms with Crippen LogP contribution in [0.3, 0.4) is 0 Å². The topological polar surface area (TPSA) is 114 Å². The van der Waals surface area contributed by atoms with Crippen LogP contribution >= 0.6 is 0 Å². The highest BCUT2D eigenvalue weighted by atomic mass is 16.6. The van der Waals surface area contributed by atoms with Crippen molar-refractivity contribution < 1.29 is 29.0 Å². The maximum absolute atomic E-state index is 12.1. The van der Waals surface area contributed by atoms with Crippen LogP contribution in [0.2, 0.25) is 0 Å². The van der Waals surface area contributed by atoms with E-state index in [1.165, 1.54) is 6.92 Å². The van der Waals surface area contributed by atoms with Gasteiger partial charge in [-0.1, -0.05) is 55.1 Å². The monoisotopic (exact) mass is 410 g/mol. The van der Waals surface area contributed by atoms with Crippen LogP contribution in [0.15, 0.2) is 60.9 Å². The Bertz CT molecular complexity index is 942. The summed E-state index contributed by atoms with van der Waals surface area (Å²) in [5.74, 6) is -1.32. The quantitative estimate of drug-likeness (QED) is 0.604. The van der Waals surface area contributed by atoms with Gasteiger partial charge in [0.05, 0.1) is 12.3 Å². The van der Waals surface area contributed by atoms with Crippen LogP contribution in [-0.4, -0.2) is 42.5 Å². The Kier molecular flexibility index (Phi) is 6.36. The van der Waals surface area contributed by atoms with Gasteiger partial charge in [0.1, 0.15) is 12.6 Å². The number of carbonyl (C=O) groups is 3. The molecule has 30 heavy (non-hydrogen) atoms. The van der Waals surface area contributed by atoms with Gasteiger partial charge >= 0.3 is 18.2 Å². The number of nitrogens with one attached hydrogen (secondary N) is 2. The summed E-state index contributed by atoms with van der Waals surface area (Å²) < 4.78 is 10.0. The molecule has 0 spiro atoms. The van der Waals surface area contributed by atoms with Gasteiger partial charge in [0, 0.05) is 5.92 Å². The summed E-state index contributed by atoms with van der Waals surface area (Å²) in [6.07, 6.45) is -1.75. The van der Waals surface area contributed by atoms with E-state index in [1.54, 1.807) is 0 Å². The molecule has 1 aliphatic rings. The fourth-order valence-corrected chi connectivity index (χ4v) is 3.36. The molecular formula is C22H22N2O6. The normalized spacial score (nSPS) is 12.8. The number of hydrogen-bond acceptors (Lipinski definition) is 5. The molecule has 0 aliphatic heterocycles. The van der Waals surface area contributed by atoms with Crippen LogP contribution in [0.25, 0.3) is 11.1 Å². The summed E-state index contributed by atoms with van der Waals surface area (Å²) in [6.45, 7) is 4.58. The molecule has 0 unspecified atom stereocenters. The maximum atomic E-state index is 12.1. The lowest BCUT2D eigenvalue weighted by atomic mass is 9.98. The van der Waals surface area contributed by atoms with Gasteiger partial charge in [0.2, 0.25) is 0 Å². The third-order valence-electron chi connectivity index (χ3n) is 4.65. The number of carboxylic acid groups (broad SMARTS) is 1. The van der Waals surface area contributed by atoms with Crippen molar-refractivity contribution in [2.24, 2.45) is 0 Å². The number of ether oxygens (including phenoxy) is 2. The molecule has 3 N–H and O–H groups in total. The van der Waals surface area contributed by atoms with Gasteiger partial charge in [-0.05, 0) is 29.2 Å². The summed E-state index contributed by atoms with van der Waals surface area (Å²) in [7, 11) is 0. The number of alkyl carbamates (subject to hydrolysis) is 2. The molecule has 0 fully saturated rings. The molecule has 8 nitrogen and oxygen atoms in total. The average Bonchev–Trinajstić information content (AvgIpc) is 3.02. The second-order valence-corrected chi connectivity index (χ2v) is 6.83. The standard InChI is InChI=1S/C22H22N2O6/c1-13(2)30-22(28)24-19(20(25)26)11-23-21(27)29-12-18-16-9-5-3-7-14(16)15-8-4-6-10-17(15)18/h3-10,18-19H,1,11-12H2,2H3,(H,23,27)(H,24,28)(H,25,26)/t19-/m0/s1. The number of hydrogen-bond donors (Lipinski definition) is 3. The number of carboxylic acids is 1. The van der Waals surface area contributed by atoms with E-state index >= 15 is 0 Å². The van der Waals surface area contributed by atoms with Crippen molar-refractivity contribution in [1.29, 1.82) is 0 Å². The molecule has 0 aromatic heterocycles. The lowest BCUT2D eigenvalue weighted by molar-refractivity contribution is -0.139. The van der Waals surface area contributed by atoms with E-state index in [0.717, 1.165) is 22.3 Å². The molecule has 8 heteroatoms. The van der Waals surface area contributed by atoms with Crippen molar-refractivity contribution in [3.63, 3.8) is 0 Å². The van der Waals surface area contributed by atoms with Gasteiger partial charge in [-0.3, -0.25) is 0 Å². The predicted molar refractivity (Wildman–Crippen MR) is 109 cm³/mol. The first-order valence-electron chi connectivity index (χ1n) is 9.32. The van der Waals surface area contributed by atoms with Crippen LogP contribution in [0.5, 0.6) is 0 Å². The number of amides is 2. The van der Waals surface area contributed by atoms with E-state index in [1.807, 2.05) is 48.5 Å². The molecule has 2 aromatic rings. The molecule has 0 saturated heterocycles. The Morgan fingerprint density at radius 3 is 2.13 bits per heavy atom. The third kappa shape index (κ3) is 4.78. The molecule has 1 atom stereocenters. The van der Waals surface area contributed by atoms with Gasteiger partial charge in [-0.2, -0.15) is 0 Å². The second-order valence-electron chi connectivity index (χ2n) is 6.83. The van der Waals surface area contributed by atoms with Crippen LogP contribution in [-0.2, 0) is 14.3 Å². The lowest BCUT2D eigenvalue weighted by Crippen LogP contribution is -2.48. The van der Waals surface area contributed by atoms with Gasteiger partial charge in [0.25, 0.3) is 0 Å². The van der Waals surface area contributed by atoms with E-state index in [0.29, 0.717) is 0 Å². The van der Waals surface area contributed by atoms with Crippen molar-refractivity contribution in [2.75, 3.05) is 13.2 Å². The number of fused-ring (bicyclic) bond motifs is 3. The summed E-state index contributed by atoms with van der Waals surface area (Å²) in [5.41, 5.74) is 4.35. The summed E-state index contributed by atoms with van der Waals surface area (Å²) in [5, 5.41) is 13.7. The molecule has 0 bridgehead atoms. The fraction of sp³-hybridized carbons (Fsp3) is 0.227. The van der Waals surface area contributed by atoms with Crippen LogP contribution in [0.4, 0.5) is 9.59 Å². The third-order valence-corrected chi connectivity index (χ3v) is 4.65. The minimum absolute atomic E-state index is 0.0999. The maximum Gasteiger partial charge on any atom is 0.413 e. The molecule has 0 saturated carbocycles. The summed E-state index contributed by atoms with van der Waals surface area (Å²) in [6, 6.07) is 14.5. The van der Waals surface area contributed by atoms with Crippen LogP contribution in [0.1, 0.15) is 24.0 Å². The van der Waals surface area contributed by atoms with E-state index in [2.05, 4.69) is 21.9 Å². The minimum atomic E-state index is -1.38. The first-order chi connectivity index (χ1) is 14.4. The summed E-state index contributed by atoms with van der Waals surface area (Å²) in [4.78, 5) is 35.0. The first-order valence-corrected chi connectivity index (χ1v) is 9.32. The highest BCUT2D eigenvalue weighted by Crippen LogP contribution is 2.44. The lowest BCUT2D eigenvalue weighted by Gasteiger charge is -2.17. The zero-order chi connectivity index (χ0) is 21.7. The average molecular weight is 410 g/mol. The smallest absolute Gasteiger partial charge is 0.413 e.